The van der Waals surface area contributed by atoms with Crippen molar-refractivity contribution < 1.29 is 27.9 Å². The molecule has 0 atom stereocenters. The first kappa shape index (κ1) is 14.0. The lowest BCUT2D eigenvalue weighted by Crippen LogP contribution is -2.50. The Morgan fingerprint density at radius 2 is 1.61 bits per heavy atom. The Hall–Kier alpha value is -2.05. The summed E-state index contributed by atoms with van der Waals surface area (Å²) in [6, 6.07) is 0.678. The average Bonchev–Trinajstić information content (AvgIpc) is 2.13. The Morgan fingerprint density at radius 1 is 1.17 bits per heavy atom. The highest BCUT2D eigenvalue weighted by atomic mass is 19.1. The fourth-order valence-electron chi connectivity index (χ4n) is 1.16. The van der Waals surface area contributed by atoms with Crippen LogP contribution in [-0.2, 0) is 4.79 Å². The molecule has 0 bridgehead atoms. The molecule has 0 saturated carbocycles. The molecule has 1 aromatic rings. The fourth-order valence-corrected chi connectivity index (χ4v) is 1.16. The Labute approximate surface area is 100 Å². The molecule has 0 aliphatic rings. The first-order chi connectivity index (χ1) is 8.15. The number of carboxylic acid groups (broad SMARTS) is 1. The summed E-state index contributed by atoms with van der Waals surface area (Å²) in [5.41, 5.74) is -2.73. The van der Waals surface area contributed by atoms with E-state index in [0.717, 1.165) is 13.8 Å². The van der Waals surface area contributed by atoms with E-state index in [1.54, 1.807) is 0 Å². The Balaban J connectivity index is 3.10. The minimum absolute atomic E-state index is 0.339. The second kappa shape index (κ2) is 4.67. The molecule has 0 aromatic heterocycles. The summed E-state index contributed by atoms with van der Waals surface area (Å²) in [7, 11) is 0. The molecule has 1 rings (SSSR count). The number of carbonyl (C=O) groups is 2. The van der Waals surface area contributed by atoms with E-state index in [4.69, 9.17) is 5.11 Å². The van der Waals surface area contributed by atoms with Gasteiger partial charge in [-0.2, -0.15) is 0 Å². The predicted molar refractivity (Wildman–Crippen MR) is 55.5 cm³/mol. The number of amides is 1. The monoisotopic (exact) mass is 261 g/mol. The largest absolute Gasteiger partial charge is 0.480 e. The maximum atomic E-state index is 13.2. The molecule has 7 heteroatoms. The number of rotatable bonds is 3. The van der Waals surface area contributed by atoms with E-state index in [-0.39, 0.29) is 0 Å². The molecule has 1 amide bonds. The van der Waals surface area contributed by atoms with E-state index < -0.39 is 40.4 Å². The van der Waals surface area contributed by atoms with Crippen LogP contribution in [0, 0.1) is 17.5 Å². The van der Waals surface area contributed by atoms with E-state index in [1.165, 1.54) is 0 Å². The van der Waals surface area contributed by atoms with Gasteiger partial charge in [0.05, 0.1) is 0 Å². The Morgan fingerprint density at radius 3 is 2.00 bits per heavy atom. The zero-order valence-electron chi connectivity index (χ0n) is 9.55. The van der Waals surface area contributed by atoms with Crippen LogP contribution in [0.15, 0.2) is 12.1 Å². The number of aliphatic carboxylic acids is 1. The van der Waals surface area contributed by atoms with E-state index in [1.807, 2.05) is 5.32 Å². The molecule has 18 heavy (non-hydrogen) atoms. The summed E-state index contributed by atoms with van der Waals surface area (Å²) in [5.74, 6) is -6.60. The van der Waals surface area contributed by atoms with Gasteiger partial charge in [-0.3, -0.25) is 4.79 Å². The van der Waals surface area contributed by atoms with Crippen LogP contribution in [0.2, 0.25) is 0 Å². The zero-order valence-corrected chi connectivity index (χ0v) is 9.55. The smallest absolute Gasteiger partial charge is 0.328 e. The van der Waals surface area contributed by atoms with Crippen LogP contribution in [-0.4, -0.2) is 22.5 Å². The molecule has 0 aliphatic carbocycles. The first-order valence-corrected chi connectivity index (χ1v) is 4.85. The van der Waals surface area contributed by atoms with E-state index in [9.17, 15) is 22.8 Å². The lowest BCUT2D eigenvalue weighted by molar-refractivity contribution is -0.143. The fraction of sp³-hybridized carbons (Fsp3) is 0.273. The topological polar surface area (TPSA) is 66.4 Å². The molecule has 0 spiro atoms. The molecule has 4 nitrogen and oxygen atoms in total. The van der Waals surface area contributed by atoms with Gasteiger partial charge in [0.1, 0.15) is 28.6 Å². The Kier molecular flexibility index (Phi) is 3.64. The van der Waals surface area contributed by atoms with Gasteiger partial charge in [0.15, 0.2) is 0 Å². The van der Waals surface area contributed by atoms with Crippen LogP contribution in [0.5, 0.6) is 0 Å². The molecule has 0 saturated heterocycles. The lowest BCUT2D eigenvalue weighted by Gasteiger charge is -2.21. The van der Waals surface area contributed by atoms with Crippen LogP contribution in [0.25, 0.3) is 0 Å². The van der Waals surface area contributed by atoms with Gasteiger partial charge in [0, 0.05) is 12.1 Å². The summed E-state index contributed by atoms with van der Waals surface area (Å²) in [6.45, 7) is 2.29. The Bertz CT molecular complexity index is 491. The van der Waals surface area contributed by atoms with Gasteiger partial charge < -0.3 is 10.4 Å². The third kappa shape index (κ3) is 2.79. The lowest BCUT2D eigenvalue weighted by atomic mass is 10.0. The highest BCUT2D eigenvalue weighted by Gasteiger charge is 2.31. The standard InChI is InChI=1S/C11H10F3NO3/c1-11(2,10(17)18)15-9(16)8-6(13)3-5(12)4-7(8)14/h3-4H,1-2H3,(H,15,16)(H,17,18). The molecule has 0 fully saturated rings. The maximum Gasteiger partial charge on any atom is 0.328 e. The minimum Gasteiger partial charge on any atom is -0.480 e. The van der Waals surface area contributed by atoms with Gasteiger partial charge >= 0.3 is 5.97 Å². The third-order valence-electron chi connectivity index (χ3n) is 2.19. The first-order valence-electron chi connectivity index (χ1n) is 4.85. The van der Waals surface area contributed by atoms with Crippen LogP contribution in [0.4, 0.5) is 13.2 Å². The van der Waals surface area contributed by atoms with Crippen molar-refractivity contribution in [3.8, 4) is 0 Å². The third-order valence-corrected chi connectivity index (χ3v) is 2.19. The van der Waals surface area contributed by atoms with E-state index in [0.29, 0.717) is 12.1 Å². The number of nitrogens with one attached hydrogen (secondary N) is 1. The summed E-state index contributed by atoms with van der Waals surface area (Å²) < 4.78 is 39.1. The van der Waals surface area contributed by atoms with Crippen molar-refractivity contribution in [2.24, 2.45) is 0 Å². The maximum absolute atomic E-state index is 13.2. The number of benzene rings is 1. The van der Waals surface area contributed by atoms with Crippen molar-refractivity contribution in [3.05, 3.63) is 35.1 Å². The van der Waals surface area contributed by atoms with Crippen LogP contribution in [0.3, 0.4) is 0 Å². The molecule has 0 radical (unpaired) electrons. The highest BCUT2D eigenvalue weighted by Crippen LogP contribution is 2.16. The zero-order chi connectivity index (χ0) is 14.1. The van der Waals surface area contributed by atoms with E-state index in [2.05, 4.69) is 0 Å². The van der Waals surface area contributed by atoms with Gasteiger partial charge in [-0.25, -0.2) is 18.0 Å². The minimum atomic E-state index is -1.70. The van der Waals surface area contributed by atoms with Gasteiger partial charge in [-0.1, -0.05) is 0 Å². The van der Waals surface area contributed by atoms with Crippen molar-refractivity contribution in [3.63, 3.8) is 0 Å². The number of carboxylic acids is 1. The normalized spacial score (nSPS) is 11.2. The number of carbonyl (C=O) groups excluding carboxylic acids is 1. The van der Waals surface area contributed by atoms with Crippen LogP contribution >= 0.6 is 0 Å². The summed E-state index contributed by atoms with van der Waals surface area (Å²) >= 11 is 0. The molecule has 2 N–H and O–H groups in total. The van der Waals surface area contributed by atoms with Gasteiger partial charge in [0.2, 0.25) is 0 Å². The molecular formula is C11H10F3NO3. The molecular weight excluding hydrogens is 251 g/mol. The molecule has 0 heterocycles. The highest BCUT2D eigenvalue weighted by molar-refractivity contribution is 5.98. The van der Waals surface area contributed by atoms with Gasteiger partial charge in [-0.05, 0) is 13.8 Å². The van der Waals surface area contributed by atoms with Crippen molar-refractivity contribution in [1.82, 2.24) is 5.32 Å². The second-order valence-corrected chi connectivity index (χ2v) is 4.13. The SMILES string of the molecule is CC(C)(NC(=O)c1c(F)cc(F)cc1F)C(=O)O. The average molecular weight is 261 g/mol. The number of halogens is 3. The van der Waals surface area contributed by atoms with Gasteiger partial charge in [-0.15, -0.1) is 0 Å². The van der Waals surface area contributed by atoms with Gasteiger partial charge in [0.25, 0.3) is 5.91 Å². The van der Waals surface area contributed by atoms with Crippen molar-refractivity contribution >= 4 is 11.9 Å². The summed E-state index contributed by atoms with van der Waals surface area (Å²) in [6.07, 6.45) is 0. The quantitative estimate of drug-likeness (QED) is 0.870. The summed E-state index contributed by atoms with van der Waals surface area (Å²) in [5, 5.41) is 10.7. The predicted octanol–water partition coefficient (Wildman–Crippen LogP) is 1.70. The second-order valence-electron chi connectivity index (χ2n) is 4.13. The number of hydrogen-bond acceptors (Lipinski definition) is 2. The van der Waals surface area contributed by atoms with E-state index >= 15 is 0 Å². The van der Waals surface area contributed by atoms with Crippen molar-refractivity contribution in [2.75, 3.05) is 0 Å². The molecule has 98 valence electrons. The molecule has 0 unspecified atom stereocenters. The molecule has 0 aliphatic heterocycles. The van der Waals surface area contributed by atoms with Crippen LogP contribution < -0.4 is 5.32 Å². The van der Waals surface area contributed by atoms with Crippen LogP contribution in [0.1, 0.15) is 24.2 Å². The van der Waals surface area contributed by atoms with Crippen molar-refractivity contribution in [1.29, 1.82) is 0 Å². The summed E-state index contributed by atoms with van der Waals surface area (Å²) in [4.78, 5) is 22.3. The number of hydrogen-bond donors (Lipinski definition) is 2. The van der Waals surface area contributed by atoms with Crippen molar-refractivity contribution in [2.45, 2.75) is 19.4 Å². The molecule has 1 aromatic carbocycles.